The third-order valence-corrected chi connectivity index (χ3v) is 3.09. The molecule has 7 nitrogen and oxygen atoms in total. The normalized spacial score (nSPS) is 13.7. The van der Waals surface area contributed by atoms with Gasteiger partial charge in [-0.05, 0) is 25.5 Å². The molecular weight excluding hydrogens is 286 g/mol. The molecule has 1 aliphatic rings. The zero-order valence-corrected chi connectivity index (χ0v) is 11.7. The van der Waals surface area contributed by atoms with Crippen LogP contribution in [0.5, 0.6) is 11.5 Å². The van der Waals surface area contributed by atoms with Gasteiger partial charge >= 0.3 is 0 Å². The maximum atomic E-state index is 11.1. The smallest absolute Gasteiger partial charge is 0.278 e. The highest BCUT2D eigenvalue weighted by atomic mass is 35.5. The van der Waals surface area contributed by atoms with E-state index in [0.29, 0.717) is 30.0 Å². The van der Waals surface area contributed by atoms with Crippen LogP contribution in [0.4, 0.5) is 5.69 Å². The average Bonchev–Trinajstić information content (AvgIpc) is 2.84. The molecule has 0 aliphatic carbocycles. The molecule has 112 valence electrons. The zero-order chi connectivity index (χ0) is 13.8. The van der Waals surface area contributed by atoms with E-state index in [1.165, 1.54) is 6.07 Å². The maximum Gasteiger partial charge on any atom is 0.278 e. The summed E-state index contributed by atoms with van der Waals surface area (Å²) in [6.07, 6.45) is 2.34. The lowest BCUT2D eigenvalue weighted by Crippen LogP contribution is -2.13. The van der Waals surface area contributed by atoms with Crippen LogP contribution in [0.1, 0.15) is 30.9 Å². The van der Waals surface area contributed by atoms with Gasteiger partial charge in [0.05, 0.1) is 16.6 Å². The van der Waals surface area contributed by atoms with Gasteiger partial charge in [-0.3, -0.25) is 10.1 Å². The van der Waals surface area contributed by atoms with Crippen molar-refractivity contribution in [2.75, 3.05) is 13.3 Å². The van der Waals surface area contributed by atoms with Gasteiger partial charge in [0.25, 0.3) is 5.69 Å². The van der Waals surface area contributed by atoms with Crippen LogP contribution in [-0.4, -0.2) is 18.3 Å². The lowest BCUT2D eigenvalue weighted by atomic mass is 9.99. The Balaban J connectivity index is 0.00000200. The Morgan fingerprint density at radius 1 is 1.30 bits per heavy atom. The summed E-state index contributed by atoms with van der Waals surface area (Å²) in [7, 11) is 0. The van der Waals surface area contributed by atoms with Gasteiger partial charge in [-0.25, -0.2) is 0 Å². The van der Waals surface area contributed by atoms with Gasteiger partial charge < -0.3 is 20.9 Å². The van der Waals surface area contributed by atoms with Crippen LogP contribution in [0.25, 0.3) is 0 Å². The van der Waals surface area contributed by atoms with E-state index in [0.717, 1.165) is 12.8 Å². The third-order valence-electron chi connectivity index (χ3n) is 3.09. The fourth-order valence-corrected chi connectivity index (χ4v) is 2.07. The minimum atomic E-state index is -0.444. The first-order valence-corrected chi connectivity index (χ1v) is 6.17. The first kappa shape index (κ1) is 16.5. The van der Waals surface area contributed by atoms with Gasteiger partial charge in [0.2, 0.25) is 6.79 Å². The maximum absolute atomic E-state index is 11.1. The zero-order valence-electron chi connectivity index (χ0n) is 10.9. The average molecular weight is 304 g/mol. The number of benzene rings is 1. The number of rotatable bonds is 6. The number of nitrogens with two attached hydrogens (primary N) is 2. The Labute approximate surface area is 122 Å². The monoisotopic (exact) mass is 303 g/mol. The van der Waals surface area contributed by atoms with Crippen LogP contribution in [-0.2, 0) is 0 Å². The van der Waals surface area contributed by atoms with Crippen LogP contribution in [0, 0.1) is 10.1 Å². The van der Waals surface area contributed by atoms with Crippen LogP contribution in [0.2, 0.25) is 0 Å². The highest BCUT2D eigenvalue weighted by Crippen LogP contribution is 2.40. The van der Waals surface area contributed by atoms with Crippen LogP contribution >= 0.6 is 12.4 Å². The summed E-state index contributed by atoms with van der Waals surface area (Å²) in [5, 5.41) is 11.1. The lowest BCUT2D eigenvalue weighted by Gasteiger charge is -2.12. The van der Waals surface area contributed by atoms with Crippen LogP contribution in [0.3, 0.4) is 0 Å². The summed E-state index contributed by atoms with van der Waals surface area (Å²) >= 11 is 0. The van der Waals surface area contributed by atoms with Crippen molar-refractivity contribution < 1.29 is 14.4 Å². The molecule has 2 rings (SSSR count). The van der Waals surface area contributed by atoms with Gasteiger partial charge in [0, 0.05) is 6.04 Å². The molecule has 0 amide bonds. The summed E-state index contributed by atoms with van der Waals surface area (Å²) in [4.78, 5) is 10.6. The number of fused-ring (bicyclic) bond motifs is 1. The fourth-order valence-electron chi connectivity index (χ4n) is 2.07. The molecule has 0 saturated carbocycles. The van der Waals surface area contributed by atoms with Gasteiger partial charge in [0.1, 0.15) is 0 Å². The predicted molar refractivity (Wildman–Crippen MR) is 76.3 cm³/mol. The number of hydrogen-bond acceptors (Lipinski definition) is 6. The minimum Gasteiger partial charge on any atom is -0.454 e. The molecule has 0 aromatic heterocycles. The van der Waals surface area contributed by atoms with E-state index in [1.54, 1.807) is 6.07 Å². The number of nitro groups is 1. The van der Waals surface area contributed by atoms with E-state index >= 15 is 0 Å². The Kier molecular flexibility index (Phi) is 6.00. The largest absolute Gasteiger partial charge is 0.454 e. The van der Waals surface area contributed by atoms with Crippen molar-refractivity contribution in [1.29, 1.82) is 0 Å². The van der Waals surface area contributed by atoms with E-state index < -0.39 is 11.0 Å². The molecule has 0 radical (unpaired) electrons. The molecule has 20 heavy (non-hydrogen) atoms. The summed E-state index contributed by atoms with van der Waals surface area (Å²) in [5.41, 5.74) is 11.9. The van der Waals surface area contributed by atoms with Crippen molar-refractivity contribution in [2.24, 2.45) is 11.5 Å². The lowest BCUT2D eigenvalue weighted by molar-refractivity contribution is -0.385. The second-order valence-electron chi connectivity index (χ2n) is 4.41. The molecule has 1 aliphatic heterocycles. The second-order valence-corrected chi connectivity index (χ2v) is 4.41. The summed E-state index contributed by atoms with van der Waals surface area (Å²) in [6, 6.07) is 2.58. The second kappa shape index (κ2) is 7.28. The van der Waals surface area contributed by atoms with Gasteiger partial charge in [0.15, 0.2) is 11.5 Å². The summed E-state index contributed by atoms with van der Waals surface area (Å²) in [6.45, 7) is 0.675. The molecule has 0 unspecified atom stereocenters. The van der Waals surface area contributed by atoms with Crippen LogP contribution in [0.15, 0.2) is 12.1 Å². The van der Waals surface area contributed by atoms with E-state index in [1.807, 2.05) is 0 Å². The van der Waals surface area contributed by atoms with Crippen molar-refractivity contribution in [1.82, 2.24) is 0 Å². The number of nitro benzene ring substituents is 1. The quantitative estimate of drug-likeness (QED) is 0.471. The molecule has 0 saturated heterocycles. The summed E-state index contributed by atoms with van der Waals surface area (Å²) in [5.74, 6) is 0.902. The molecule has 0 fully saturated rings. The Morgan fingerprint density at radius 2 is 1.95 bits per heavy atom. The number of unbranched alkanes of at least 4 members (excludes halogenated alkanes) is 1. The molecule has 1 aromatic rings. The molecule has 0 bridgehead atoms. The molecule has 1 aromatic carbocycles. The van der Waals surface area contributed by atoms with Crippen LogP contribution < -0.4 is 20.9 Å². The number of hydrogen-bond donors (Lipinski definition) is 2. The summed E-state index contributed by atoms with van der Waals surface area (Å²) < 4.78 is 10.4. The minimum absolute atomic E-state index is 0. The van der Waals surface area contributed by atoms with Crippen molar-refractivity contribution in [3.63, 3.8) is 0 Å². The SMILES string of the molecule is Cl.NCCCC[C@@H](N)c1cc2c(cc1[N+](=O)[O-])OCO2. The first-order chi connectivity index (χ1) is 9.13. The molecule has 1 atom stereocenters. The van der Waals surface area contributed by atoms with E-state index in [4.69, 9.17) is 20.9 Å². The predicted octanol–water partition coefficient (Wildman–Crippen LogP) is 1.87. The van der Waals surface area contributed by atoms with Gasteiger partial charge in [-0.15, -0.1) is 12.4 Å². The highest BCUT2D eigenvalue weighted by molar-refractivity contribution is 5.85. The number of ether oxygens (including phenoxy) is 2. The molecule has 0 spiro atoms. The van der Waals surface area contributed by atoms with E-state index in [9.17, 15) is 10.1 Å². The van der Waals surface area contributed by atoms with Crippen molar-refractivity contribution in [3.8, 4) is 11.5 Å². The van der Waals surface area contributed by atoms with Crippen molar-refractivity contribution >= 4 is 18.1 Å². The Hall–Kier alpha value is -1.57. The molecule has 4 N–H and O–H groups in total. The van der Waals surface area contributed by atoms with Gasteiger partial charge in [-0.2, -0.15) is 0 Å². The van der Waals surface area contributed by atoms with Crippen molar-refractivity contribution in [3.05, 3.63) is 27.8 Å². The number of nitrogens with zero attached hydrogens (tertiary/aromatic N) is 1. The molecule has 1 heterocycles. The number of halogens is 1. The first-order valence-electron chi connectivity index (χ1n) is 6.17. The third kappa shape index (κ3) is 3.50. The van der Waals surface area contributed by atoms with E-state index in [-0.39, 0.29) is 24.9 Å². The molecular formula is C12H18ClN3O4. The standard InChI is InChI=1S/C12H17N3O4.ClH/c13-4-2-1-3-9(14)8-5-11-12(19-7-18-11)6-10(8)15(16)17;/h5-6,9H,1-4,7,13-14H2;1H/t9-;/m1./s1. The van der Waals surface area contributed by atoms with Gasteiger partial charge in [-0.1, -0.05) is 6.42 Å². The van der Waals surface area contributed by atoms with E-state index in [2.05, 4.69) is 0 Å². The fraction of sp³-hybridized carbons (Fsp3) is 0.500. The van der Waals surface area contributed by atoms with Crippen molar-refractivity contribution in [2.45, 2.75) is 25.3 Å². The Bertz CT molecular complexity index is 484. The molecule has 8 heteroatoms. The Morgan fingerprint density at radius 3 is 2.55 bits per heavy atom. The highest BCUT2D eigenvalue weighted by Gasteiger charge is 2.26. The topological polar surface area (TPSA) is 114 Å².